The predicted octanol–water partition coefficient (Wildman–Crippen LogP) is 4.56. The molecule has 1 aliphatic rings. The van der Waals surface area contributed by atoms with Crippen LogP contribution in [0.2, 0.25) is 0 Å². The van der Waals surface area contributed by atoms with Crippen molar-refractivity contribution in [3.8, 4) is 5.69 Å². The molecule has 1 amide bonds. The third-order valence-electron chi connectivity index (χ3n) is 5.98. The first kappa shape index (κ1) is 23.7. The molecule has 180 valence electrons. The highest BCUT2D eigenvalue weighted by molar-refractivity contribution is 5.98. The van der Waals surface area contributed by atoms with Gasteiger partial charge in [0.05, 0.1) is 24.0 Å². The second kappa shape index (κ2) is 9.40. The third-order valence-corrected chi connectivity index (χ3v) is 5.98. The number of amides is 1. The molecule has 1 saturated heterocycles. The molecule has 7 nitrogen and oxygen atoms in total. The number of alkyl halides is 3. The average molecular weight is 476 g/mol. The molecule has 2 aromatic heterocycles. The fourth-order valence-electron chi connectivity index (χ4n) is 4.38. The van der Waals surface area contributed by atoms with Gasteiger partial charge in [-0.2, -0.15) is 28.2 Å². The van der Waals surface area contributed by atoms with Crippen LogP contribution in [-0.2, 0) is 6.18 Å². The highest BCUT2D eigenvalue weighted by Gasteiger charge is 2.40. The van der Waals surface area contributed by atoms with Gasteiger partial charge < -0.3 is 10.2 Å². The van der Waals surface area contributed by atoms with Gasteiger partial charge in [-0.25, -0.2) is 9.37 Å². The standard InChI is InChI=1S/C23H24F4N6O/c1-3-17(31-20-8-7-15(12-28-20)23(25,26)27)19-11-14(2)13-32(19)22(34)21-16(24)5-4-6-18(21)33-29-9-10-30-33/h4-10,12,14,17,19H,3,11,13H2,1-2H3,(H,28,31). The van der Waals surface area contributed by atoms with E-state index in [0.717, 1.165) is 12.3 Å². The molecule has 1 fully saturated rings. The van der Waals surface area contributed by atoms with Crippen LogP contribution in [-0.4, -0.2) is 49.4 Å². The van der Waals surface area contributed by atoms with Crippen LogP contribution in [0.4, 0.5) is 23.4 Å². The number of hydrogen-bond acceptors (Lipinski definition) is 5. The van der Waals surface area contributed by atoms with Crippen LogP contribution in [0.5, 0.6) is 0 Å². The summed E-state index contributed by atoms with van der Waals surface area (Å²) >= 11 is 0. The molecule has 0 aliphatic carbocycles. The van der Waals surface area contributed by atoms with E-state index in [0.29, 0.717) is 19.4 Å². The molecule has 0 bridgehead atoms. The number of hydrogen-bond donors (Lipinski definition) is 1. The first-order valence-electron chi connectivity index (χ1n) is 10.9. The minimum Gasteiger partial charge on any atom is -0.365 e. The van der Waals surface area contributed by atoms with Crippen LogP contribution in [0.1, 0.15) is 42.6 Å². The summed E-state index contributed by atoms with van der Waals surface area (Å²) in [6, 6.07) is 5.91. The largest absolute Gasteiger partial charge is 0.417 e. The van der Waals surface area contributed by atoms with Crippen LogP contribution in [0.3, 0.4) is 0 Å². The van der Waals surface area contributed by atoms with E-state index < -0.39 is 23.5 Å². The van der Waals surface area contributed by atoms with Gasteiger partial charge in [-0.1, -0.05) is 19.9 Å². The van der Waals surface area contributed by atoms with E-state index in [1.54, 1.807) is 11.0 Å². The van der Waals surface area contributed by atoms with E-state index in [9.17, 15) is 22.4 Å². The summed E-state index contributed by atoms with van der Waals surface area (Å²) < 4.78 is 53.5. The van der Waals surface area contributed by atoms with Gasteiger partial charge in [-0.15, -0.1) is 0 Å². The Morgan fingerprint density at radius 2 is 1.94 bits per heavy atom. The molecular weight excluding hydrogens is 452 g/mol. The van der Waals surface area contributed by atoms with Gasteiger partial charge in [0.1, 0.15) is 22.9 Å². The van der Waals surface area contributed by atoms with Crippen molar-refractivity contribution in [1.29, 1.82) is 0 Å². The van der Waals surface area contributed by atoms with Gasteiger partial charge in [0.15, 0.2) is 0 Å². The molecule has 3 unspecified atom stereocenters. The molecule has 34 heavy (non-hydrogen) atoms. The second-order valence-electron chi connectivity index (χ2n) is 8.41. The van der Waals surface area contributed by atoms with Crippen molar-refractivity contribution in [3.63, 3.8) is 0 Å². The lowest BCUT2D eigenvalue weighted by Gasteiger charge is -2.32. The topological polar surface area (TPSA) is 75.9 Å². The Hall–Kier alpha value is -3.50. The maximum Gasteiger partial charge on any atom is 0.417 e. The minimum absolute atomic E-state index is 0.125. The summed E-state index contributed by atoms with van der Waals surface area (Å²) in [6.45, 7) is 4.33. The van der Waals surface area contributed by atoms with Gasteiger partial charge in [0, 0.05) is 18.8 Å². The Bertz CT molecular complexity index is 1130. The first-order valence-corrected chi connectivity index (χ1v) is 10.9. The van der Waals surface area contributed by atoms with Crippen LogP contribution < -0.4 is 5.32 Å². The number of nitrogens with one attached hydrogen (secondary N) is 1. The molecule has 0 saturated carbocycles. The van der Waals surface area contributed by atoms with Gasteiger partial charge in [0.25, 0.3) is 5.91 Å². The molecule has 1 N–H and O–H groups in total. The van der Waals surface area contributed by atoms with Crippen molar-refractivity contribution in [2.24, 2.45) is 5.92 Å². The number of rotatable bonds is 6. The molecule has 0 radical (unpaired) electrons. The van der Waals surface area contributed by atoms with Gasteiger partial charge in [-0.05, 0) is 43.0 Å². The van der Waals surface area contributed by atoms with Gasteiger partial charge in [-0.3, -0.25) is 4.79 Å². The Labute approximate surface area is 193 Å². The molecular formula is C23H24F4N6O. The average Bonchev–Trinajstić information content (AvgIpc) is 3.46. The number of halogens is 4. The molecule has 3 aromatic rings. The highest BCUT2D eigenvalue weighted by atomic mass is 19.4. The Balaban J connectivity index is 1.61. The van der Waals surface area contributed by atoms with E-state index in [2.05, 4.69) is 20.5 Å². The van der Waals surface area contributed by atoms with Crippen molar-refractivity contribution < 1.29 is 22.4 Å². The van der Waals surface area contributed by atoms with Crippen molar-refractivity contribution in [2.45, 2.75) is 44.9 Å². The van der Waals surface area contributed by atoms with E-state index >= 15 is 0 Å². The minimum atomic E-state index is -4.47. The summed E-state index contributed by atoms with van der Waals surface area (Å²) in [4.78, 5) is 20.3. The number of carbonyl (C=O) groups is 1. The van der Waals surface area contributed by atoms with E-state index in [4.69, 9.17) is 0 Å². The Morgan fingerprint density at radius 3 is 2.56 bits per heavy atom. The molecule has 1 aromatic carbocycles. The number of benzene rings is 1. The maximum atomic E-state index is 14.9. The maximum absolute atomic E-state index is 14.9. The van der Waals surface area contributed by atoms with Gasteiger partial charge in [0.2, 0.25) is 0 Å². The SMILES string of the molecule is CCC(Nc1ccc(C(F)(F)F)cn1)C1CC(C)CN1C(=O)c1c(F)cccc1-n1nccn1. The normalized spacial score (nSPS) is 19.3. The number of nitrogens with zero attached hydrogens (tertiary/aromatic N) is 5. The Morgan fingerprint density at radius 1 is 1.21 bits per heavy atom. The van der Waals surface area contributed by atoms with Crippen LogP contribution in [0, 0.1) is 11.7 Å². The van der Waals surface area contributed by atoms with E-state index in [1.807, 2.05) is 13.8 Å². The number of anilines is 1. The summed E-state index contributed by atoms with van der Waals surface area (Å²) in [7, 11) is 0. The molecule has 0 spiro atoms. The zero-order valence-electron chi connectivity index (χ0n) is 18.6. The van der Waals surface area contributed by atoms with Gasteiger partial charge >= 0.3 is 6.18 Å². The van der Waals surface area contributed by atoms with Crippen LogP contribution >= 0.6 is 0 Å². The predicted molar refractivity (Wildman–Crippen MR) is 117 cm³/mol. The summed E-state index contributed by atoms with van der Waals surface area (Å²) in [5.74, 6) is -0.730. The smallest absolute Gasteiger partial charge is 0.365 e. The number of carbonyl (C=O) groups excluding carboxylic acids is 1. The van der Waals surface area contributed by atoms with E-state index in [1.165, 1.54) is 35.4 Å². The quantitative estimate of drug-likeness (QED) is 0.528. The van der Waals surface area contributed by atoms with Crippen LogP contribution in [0.15, 0.2) is 48.9 Å². The number of aromatic nitrogens is 4. The Kier molecular flexibility index (Phi) is 6.54. The monoisotopic (exact) mass is 476 g/mol. The fourth-order valence-corrected chi connectivity index (χ4v) is 4.38. The lowest BCUT2D eigenvalue weighted by Crippen LogP contribution is -2.46. The lowest BCUT2D eigenvalue weighted by atomic mass is 9.99. The summed E-state index contributed by atoms with van der Waals surface area (Å²) in [5, 5.41) is 11.2. The molecule has 4 rings (SSSR count). The molecule has 11 heteroatoms. The van der Waals surface area contributed by atoms with Crippen LogP contribution in [0.25, 0.3) is 5.69 Å². The lowest BCUT2D eigenvalue weighted by molar-refractivity contribution is -0.137. The molecule has 1 aliphatic heterocycles. The second-order valence-corrected chi connectivity index (χ2v) is 8.41. The zero-order valence-corrected chi connectivity index (χ0v) is 18.6. The van der Waals surface area contributed by atoms with Crippen molar-refractivity contribution >= 4 is 11.7 Å². The summed E-state index contributed by atoms with van der Waals surface area (Å²) in [5.41, 5.74) is -0.726. The molecule has 3 heterocycles. The first-order chi connectivity index (χ1) is 16.2. The van der Waals surface area contributed by atoms with E-state index in [-0.39, 0.29) is 35.1 Å². The third kappa shape index (κ3) is 4.73. The van der Waals surface area contributed by atoms with Crippen molar-refractivity contribution in [2.75, 3.05) is 11.9 Å². The summed E-state index contributed by atoms with van der Waals surface area (Å²) in [6.07, 6.45) is 0.414. The molecule has 3 atom stereocenters. The van der Waals surface area contributed by atoms with Crippen molar-refractivity contribution in [3.05, 3.63) is 65.9 Å². The zero-order chi connectivity index (χ0) is 24.5. The highest BCUT2D eigenvalue weighted by Crippen LogP contribution is 2.32. The number of pyridine rings is 1. The fraction of sp³-hybridized carbons (Fsp3) is 0.391. The number of likely N-dealkylation sites (tertiary alicyclic amines) is 1. The van der Waals surface area contributed by atoms with Crippen molar-refractivity contribution in [1.82, 2.24) is 24.9 Å².